The molecule has 0 bridgehead atoms. The Balaban J connectivity index is 1.35. The molecule has 0 saturated carbocycles. The van der Waals surface area contributed by atoms with E-state index < -0.39 is 17.4 Å². The first-order valence-electron chi connectivity index (χ1n) is 13.7. The van der Waals surface area contributed by atoms with E-state index in [1.165, 1.54) is 5.56 Å². The van der Waals surface area contributed by atoms with Gasteiger partial charge in [-0.25, -0.2) is 0 Å². The van der Waals surface area contributed by atoms with E-state index in [9.17, 15) is 9.59 Å². The average molecular weight is 531 g/mol. The van der Waals surface area contributed by atoms with Gasteiger partial charge in [0.1, 0.15) is 5.60 Å². The topological polar surface area (TPSA) is 80.5 Å². The first-order valence-corrected chi connectivity index (χ1v) is 13.7. The molecule has 7 nitrogen and oxygen atoms in total. The third-order valence-corrected chi connectivity index (χ3v) is 7.00. The van der Waals surface area contributed by atoms with Gasteiger partial charge in [0.05, 0.1) is 38.6 Å². The van der Waals surface area contributed by atoms with Crippen LogP contribution >= 0.6 is 0 Å². The second-order valence-electron chi connectivity index (χ2n) is 9.90. The number of hydrogen-bond acceptors (Lipinski definition) is 7. The molecule has 206 valence electrons. The Morgan fingerprint density at radius 2 is 1.59 bits per heavy atom. The number of carbonyl (C=O) groups is 2. The maximum Gasteiger partial charge on any atom is 0.324 e. The van der Waals surface area contributed by atoms with Gasteiger partial charge in [0.25, 0.3) is 0 Å². The molecule has 2 unspecified atom stereocenters. The summed E-state index contributed by atoms with van der Waals surface area (Å²) < 4.78 is 16.4. The standard InChI is InChI=1S/C32H38N2O5/c1-3-37-29(35)32(30(36)38-4-2,22-14-17-26-15-8-5-9-16-26)21-13-7-12-20-31(25-39-31)24-33-34-23-28(34)27-18-10-6-11-19-27/h5-11,13-19,24,28H,3-4,12,20-23,25H2,1-2H3/b13-7-,17-14+,33-24+. The second kappa shape index (κ2) is 13.4. The Kier molecular flexibility index (Phi) is 9.71. The Labute approximate surface area is 231 Å². The molecule has 2 saturated heterocycles. The van der Waals surface area contributed by atoms with Gasteiger partial charge in [-0.2, -0.15) is 5.10 Å². The first kappa shape index (κ1) is 28.3. The van der Waals surface area contributed by atoms with Crippen molar-refractivity contribution in [1.82, 2.24) is 5.01 Å². The molecule has 2 fully saturated rings. The molecule has 2 aliphatic heterocycles. The van der Waals surface area contributed by atoms with Gasteiger partial charge >= 0.3 is 11.9 Å². The van der Waals surface area contributed by atoms with Crippen molar-refractivity contribution in [1.29, 1.82) is 0 Å². The summed E-state index contributed by atoms with van der Waals surface area (Å²) >= 11 is 0. The number of esters is 2. The second-order valence-corrected chi connectivity index (χ2v) is 9.90. The minimum absolute atomic E-state index is 0.183. The molecule has 0 aliphatic carbocycles. The minimum atomic E-state index is -1.44. The highest BCUT2D eigenvalue weighted by molar-refractivity contribution is 6.00. The van der Waals surface area contributed by atoms with Crippen LogP contribution in [0.3, 0.4) is 0 Å². The van der Waals surface area contributed by atoms with E-state index in [4.69, 9.17) is 14.2 Å². The van der Waals surface area contributed by atoms with Gasteiger partial charge in [0.2, 0.25) is 0 Å². The summed E-state index contributed by atoms with van der Waals surface area (Å²) in [4.78, 5) is 26.2. The van der Waals surface area contributed by atoms with E-state index in [0.717, 1.165) is 24.9 Å². The molecular weight excluding hydrogens is 492 g/mol. The van der Waals surface area contributed by atoms with E-state index in [1.54, 1.807) is 13.8 Å². The lowest BCUT2D eigenvalue weighted by Crippen LogP contribution is -2.41. The lowest BCUT2D eigenvalue weighted by Gasteiger charge is -2.27. The lowest BCUT2D eigenvalue weighted by atomic mass is 9.80. The summed E-state index contributed by atoms with van der Waals surface area (Å²) in [5.74, 6) is -1.13. The van der Waals surface area contributed by atoms with E-state index in [-0.39, 0.29) is 31.7 Å². The highest BCUT2D eigenvalue weighted by Gasteiger charge is 2.47. The smallest absolute Gasteiger partial charge is 0.324 e. The maximum absolute atomic E-state index is 13.1. The summed E-state index contributed by atoms with van der Waals surface area (Å²) in [6.45, 7) is 5.41. The van der Waals surface area contributed by atoms with Crippen molar-refractivity contribution in [2.75, 3.05) is 26.4 Å². The molecule has 0 radical (unpaired) electrons. The maximum atomic E-state index is 13.1. The van der Waals surface area contributed by atoms with Crippen molar-refractivity contribution in [3.8, 4) is 0 Å². The van der Waals surface area contributed by atoms with Crippen molar-refractivity contribution in [3.63, 3.8) is 0 Å². The molecule has 2 aromatic rings. The Morgan fingerprint density at radius 1 is 0.974 bits per heavy atom. The number of hydrogen-bond donors (Lipinski definition) is 0. The fourth-order valence-corrected chi connectivity index (χ4v) is 4.49. The molecule has 2 heterocycles. The largest absolute Gasteiger partial charge is 0.465 e. The fraction of sp³-hybridized carbons (Fsp3) is 0.406. The molecule has 2 aromatic carbocycles. The predicted molar refractivity (Wildman–Crippen MR) is 152 cm³/mol. The van der Waals surface area contributed by atoms with Crippen molar-refractivity contribution < 1.29 is 23.8 Å². The number of rotatable bonds is 15. The first-order chi connectivity index (χ1) is 19.0. The predicted octanol–water partition coefficient (Wildman–Crippen LogP) is 5.74. The van der Waals surface area contributed by atoms with Crippen LogP contribution in [0.4, 0.5) is 0 Å². The van der Waals surface area contributed by atoms with Crippen molar-refractivity contribution >= 4 is 24.2 Å². The van der Waals surface area contributed by atoms with Crippen LogP contribution < -0.4 is 0 Å². The van der Waals surface area contributed by atoms with Gasteiger partial charge in [0, 0.05) is 0 Å². The summed E-state index contributed by atoms with van der Waals surface area (Å²) in [5, 5.41) is 6.70. The quantitative estimate of drug-likeness (QED) is 0.0960. The molecule has 0 amide bonds. The Morgan fingerprint density at radius 3 is 2.21 bits per heavy atom. The van der Waals surface area contributed by atoms with Crippen LogP contribution in [0.2, 0.25) is 0 Å². The van der Waals surface area contributed by atoms with Crippen LogP contribution in [0.5, 0.6) is 0 Å². The molecule has 7 heteroatoms. The zero-order valence-corrected chi connectivity index (χ0v) is 22.8. The number of epoxide rings is 1. The minimum Gasteiger partial charge on any atom is -0.465 e. The van der Waals surface area contributed by atoms with Crippen molar-refractivity contribution in [2.45, 2.75) is 51.2 Å². The molecule has 0 aromatic heterocycles. The van der Waals surface area contributed by atoms with Crippen LogP contribution in [0.1, 0.15) is 56.7 Å². The highest BCUT2D eigenvalue weighted by Crippen LogP contribution is 2.37. The zero-order chi connectivity index (χ0) is 27.6. The van der Waals surface area contributed by atoms with E-state index in [2.05, 4.69) is 22.2 Å². The van der Waals surface area contributed by atoms with Gasteiger partial charge < -0.3 is 14.2 Å². The number of hydrazone groups is 1. The average Bonchev–Trinajstić information content (AvgIpc) is 3.88. The molecular formula is C32H38N2O5. The molecule has 39 heavy (non-hydrogen) atoms. The van der Waals surface area contributed by atoms with Crippen LogP contribution in [-0.4, -0.2) is 55.1 Å². The van der Waals surface area contributed by atoms with Gasteiger partial charge in [-0.05, 0) is 50.7 Å². The van der Waals surface area contributed by atoms with Gasteiger partial charge in [-0.3, -0.25) is 14.6 Å². The van der Waals surface area contributed by atoms with Crippen LogP contribution in [0.25, 0.3) is 6.08 Å². The van der Waals surface area contributed by atoms with Crippen LogP contribution in [-0.2, 0) is 23.8 Å². The normalized spacial score (nSPS) is 20.6. The van der Waals surface area contributed by atoms with Crippen molar-refractivity contribution in [3.05, 3.63) is 90.0 Å². The van der Waals surface area contributed by atoms with Crippen LogP contribution in [0.15, 0.2) is 84.0 Å². The monoisotopic (exact) mass is 530 g/mol. The molecule has 4 rings (SSSR count). The molecule has 0 N–H and O–H groups in total. The number of benzene rings is 2. The lowest BCUT2D eigenvalue weighted by molar-refractivity contribution is -0.171. The number of nitrogens with zero attached hydrogens (tertiary/aromatic N) is 2. The van der Waals surface area contributed by atoms with E-state index in [1.807, 2.05) is 79.0 Å². The fourth-order valence-electron chi connectivity index (χ4n) is 4.49. The Bertz CT molecular complexity index is 1150. The van der Waals surface area contributed by atoms with Crippen LogP contribution in [0, 0.1) is 5.41 Å². The molecule has 2 atom stereocenters. The molecule has 0 spiro atoms. The van der Waals surface area contributed by atoms with Gasteiger partial charge in [-0.1, -0.05) is 85.0 Å². The van der Waals surface area contributed by atoms with E-state index in [0.29, 0.717) is 12.6 Å². The summed E-state index contributed by atoms with van der Waals surface area (Å²) in [5.41, 5.74) is 0.484. The van der Waals surface area contributed by atoms with E-state index >= 15 is 0 Å². The SMILES string of the molecule is CCOC(=O)C(C/C=C\CCC1(/C=N/N2CC2c2ccccc2)CO1)(C/C=C/c1ccccc1)C(=O)OCC. The third kappa shape index (κ3) is 7.67. The number of carbonyl (C=O) groups excluding carboxylic acids is 2. The highest BCUT2D eigenvalue weighted by atomic mass is 16.6. The number of ether oxygens (including phenoxy) is 3. The zero-order valence-electron chi connectivity index (χ0n) is 22.8. The summed E-state index contributed by atoms with van der Waals surface area (Å²) in [6.07, 6.45) is 11.4. The van der Waals surface area contributed by atoms with Gasteiger partial charge in [-0.15, -0.1) is 0 Å². The number of allylic oxidation sites excluding steroid dienone is 3. The van der Waals surface area contributed by atoms with Crippen molar-refractivity contribution in [2.24, 2.45) is 10.5 Å². The summed E-state index contributed by atoms with van der Waals surface area (Å²) in [6, 6.07) is 20.5. The van der Waals surface area contributed by atoms with Gasteiger partial charge in [0.15, 0.2) is 5.41 Å². The molecule has 2 aliphatic rings. The third-order valence-electron chi connectivity index (χ3n) is 7.00. The Hall–Kier alpha value is -3.71. The summed E-state index contributed by atoms with van der Waals surface area (Å²) in [7, 11) is 0.